The van der Waals surface area contributed by atoms with Crippen molar-refractivity contribution in [2.75, 3.05) is 18.4 Å². The van der Waals surface area contributed by atoms with E-state index in [-0.39, 0.29) is 17.4 Å². The molecule has 0 saturated carbocycles. The van der Waals surface area contributed by atoms with Crippen molar-refractivity contribution in [3.05, 3.63) is 11.8 Å². The molecule has 9 nitrogen and oxygen atoms in total. The summed E-state index contributed by atoms with van der Waals surface area (Å²) in [5.41, 5.74) is 0.552. The van der Waals surface area contributed by atoms with Crippen molar-refractivity contribution >= 4 is 23.5 Å². The van der Waals surface area contributed by atoms with Gasteiger partial charge in [-0.05, 0) is 31.1 Å². The zero-order chi connectivity index (χ0) is 21.3. The van der Waals surface area contributed by atoms with Crippen LogP contribution in [0.1, 0.15) is 58.9 Å². The average molecular weight is 405 g/mol. The van der Waals surface area contributed by atoms with E-state index in [9.17, 15) is 14.4 Å². The van der Waals surface area contributed by atoms with Gasteiger partial charge in [0.15, 0.2) is 6.29 Å². The van der Waals surface area contributed by atoms with Crippen molar-refractivity contribution in [2.45, 2.75) is 66.2 Å². The molecule has 160 valence electrons. The maximum atomic E-state index is 12.6. The summed E-state index contributed by atoms with van der Waals surface area (Å²) in [6.07, 6.45) is 1.74. The van der Waals surface area contributed by atoms with Gasteiger partial charge in [0, 0.05) is 31.6 Å². The van der Waals surface area contributed by atoms with Gasteiger partial charge in [-0.15, -0.1) is 0 Å². The first kappa shape index (κ1) is 21.3. The molecule has 0 spiro atoms. The molecule has 1 aromatic heterocycles. The molecule has 3 unspecified atom stereocenters. The highest BCUT2D eigenvalue weighted by atomic mass is 16.2. The highest BCUT2D eigenvalue weighted by Gasteiger charge is 2.35. The molecular weight excluding hydrogens is 372 g/mol. The van der Waals surface area contributed by atoms with Crippen molar-refractivity contribution in [3.63, 3.8) is 0 Å². The molecule has 29 heavy (non-hydrogen) atoms. The van der Waals surface area contributed by atoms with Crippen LogP contribution in [-0.2, 0) is 14.4 Å². The number of nitrogens with zero attached hydrogens (tertiary/aromatic N) is 3. The van der Waals surface area contributed by atoms with E-state index in [2.05, 4.69) is 48.7 Å². The largest absolute Gasteiger partial charge is 0.334 e. The molecule has 2 aliphatic rings. The second-order valence-corrected chi connectivity index (χ2v) is 9.33. The highest BCUT2D eigenvalue weighted by Crippen LogP contribution is 2.27. The standard InChI is InChI=1S/C20H32N6O3/c1-12-7-6-8-25(11-12)18(29)17(28)22-15-9-13(2)24-26(15)19-21-14(20(3,4)5)10-16(27)23-19/h9,12,14,19,21H,6-8,10-11H2,1-5H3,(H,22,28)(H,23,27). The molecule has 3 rings (SSSR count). The summed E-state index contributed by atoms with van der Waals surface area (Å²) in [4.78, 5) is 39.0. The van der Waals surface area contributed by atoms with Crippen LogP contribution in [0.3, 0.4) is 0 Å². The van der Waals surface area contributed by atoms with Gasteiger partial charge in [0.2, 0.25) is 5.91 Å². The maximum Gasteiger partial charge on any atom is 0.315 e. The number of carbonyl (C=O) groups excluding carboxylic acids is 3. The van der Waals surface area contributed by atoms with Crippen LogP contribution in [0.15, 0.2) is 6.07 Å². The molecule has 2 fully saturated rings. The Morgan fingerprint density at radius 1 is 1.31 bits per heavy atom. The molecular formula is C20H32N6O3. The number of hydrogen-bond acceptors (Lipinski definition) is 5. The summed E-state index contributed by atoms with van der Waals surface area (Å²) in [7, 11) is 0. The maximum absolute atomic E-state index is 12.6. The number of rotatable bonds is 2. The summed E-state index contributed by atoms with van der Waals surface area (Å²) >= 11 is 0. The van der Waals surface area contributed by atoms with Crippen molar-refractivity contribution in [2.24, 2.45) is 11.3 Å². The molecule has 9 heteroatoms. The topological polar surface area (TPSA) is 108 Å². The molecule has 1 aromatic rings. The number of likely N-dealkylation sites (tertiary alicyclic amines) is 1. The number of anilines is 1. The first-order chi connectivity index (χ1) is 13.5. The molecule has 2 saturated heterocycles. The normalized spacial score (nSPS) is 25.5. The second kappa shape index (κ2) is 8.14. The minimum absolute atomic E-state index is 0.0502. The lowest BCUT2D eigenvalue weighted by Gasteiger charge is -2.39. The molecule has 3 N–H and O–H groups in total. The van der Waals surface area contributed by atoms with E-state index in [1.807, 2.05) is 0 Å². The fraction of sp³-hybridized carbons (Fsp3) is 0.700. The molecule has 0 aliphatic carbocycles. The SMILES string of the molecule is Cc1cc(NC(=O)C(=O)N2CCCC(C)C2)n(C2NC(=O)CC(C(C)(C)C)N2)n1. The van der Waals surface area contributed by atoms with Gasteiger partial charge < -0.3 is 15.5 Å². The van der Waals surface area contributed by atoms with Crippen molar-refractivity contribution in [1.82, 2.24) is 25.3 Å². The van der Waals surface area contributed by atoms with E-state index in [4.69, 9.17) is 0 Å². The number of aromatic nitrogens is 2. The van der Waals surface area contributed by atoms with Crippen LogP contribution in [0, 0.1) is 18.3 Å². The predicted molar refractivity (Wildman–Crippen MR) is 109 cm³/mol. The lowest BCUT2D eigenvalue weighted by Crippen LogP contribution is -2.57. The summed E-state index contributed by atoms with van der Waals surface area (Å²) in [5, 5.41) is 13.4. The third-order valence-corrected chi connectivity index (χ3v) is 5.57. The summed E-state index contributed by atoms with van der Waals surface area (Å²) in [5.74, 6) is -0.537. The number of aryl methyl sites for hydroxylation is 1. The minimum Gasteiger partial charge on any atom is -0.334 e. The average Bonchev–Trinajstić information content (AvgIpc) is 3.00. The molecule has 0 bridgehead atoms. The third-order valence-electron chi connectivity index (χ3n) is 5.57. The van der Waals surface area contributed by atoms with Gasteiger partial charge in [0.25, 0.3) is 0 Å². The lowest BCUT2D eigenvalue weighted by atomic mass is 9.84. The van der Waals surface area contributed by atoms with Gasteiger partial charge in [-0.3, -0.25) is 19.7 Å². The summed E-state index contributed by atoms with van der Waals surface area (Å²) < 4.78 is 1.52. The Bertz CT molecular complexity index is 797. The number of hydrogen-bond donors (Lipinski definition) is 3. The summed E-state index contributed by atoms with van der Waals surface area (Å²) in [6.45, 7) is 11.3. The highest BCUT2D eigenvalue weighted by molar-refractivity contribution is 6.39. The molecule has 0 radical (unpaired) electrons. The second-order valence-electron chi connectivity index (χ2n) is 9.33. The molecule has 3 atom stereocenters. The van der Waals surface area contributed by atoms with E-state index < -0.39 is 18.1 Å². The van der Waals surface area contributed by atoms with Crippen LogP contribution in [0.25, 0.3) is 0 Å². The van der Waals surface area contributed by atoms with Crippen LogP contribution in [0.4, 0.5) is 5.82 Å². The van der Waals surface area contributed by atoms with Gasteiger partial charge in [-0.1, -0.05) is 27.7 Å². The fourth-order valence-electron chi connectivity index (χ4n) is 3.87. The van der Waals surface area contributed by atoms with Crippen molar-refractivity contribution < 1.29 is 14.4 Å². The van der Waals surface area contributed by atoms with Crippen LogP contribution < -0.4 is 16.0 Å². The van der Waals surface area contributed by atoms with Crippen LogP contribution in [0.5, 0.6) is 0 Å². The minimum atomic E-state index is -0.685. The Balaban J connectivity index is 1.75. The predicted octanol–water partition coefficient (Wildman–Crippen LogP) is 1.37. The van der Waals surface area contributed by atoms with Crippen LogP contribution >= 0.6 is 0 Å². The Labute approximate surface area is 171 Å². The van der Waals surface area contributed by atoms with E-state index in [0.29, 0.717) is 36.9 Å². The van der Waals surface area contributed by atoms with E-state index in [0.717, 1.165) is 12.8 Å². The molecule has 2 aliphatic heterocycles. The van der Waals surface area contributed by atoms with Crippen molar-refractivity contribution in [1.29, 1.82) is 0 Å². The Hall–Kier alpha value is -2.42. The number of carbonyl (C=O) groups is 3. The van der Waals surface area contributed by atoms with Crippen LogP contribution in [-0.4, -0.2) is 51.5 Å². The van der Waals surface area contributed by atoms with Crippen LogP contribution in [0.2, 0.25) is 0 Å². The fourth-order valence-corrected chi connectivity index (χ4v) is 3.87. The van der Waals surface area contributed by atoms with Gasteiger partial charge in [-0.2, -0.15) is 5.10 Å². The molecule has 3 amide bonds. The Morgan fingerprint density at radius 2 is 2.03 bits per heavy atom. The Morgan fingerprint density at radius 3 is 2.69 bits per heavy atom. The smallest absolute Gasteiger partial charge is 0.315 e. The van der Waals surface area contributed by atoms with Gasteiger partial charge in [-0.25, -0.2) is 4.68 Å². The van der Waals surface area contributed by atoms with Gasteiger partial charge >= 0.3 is 11.8 Å². The third kappa shape index (κ3) is 4.95. The van der Waals surface area contributed by atoms with E-state index in [1.54, 1.807) is 17.9 Å². The quantitative estimate of drug-likeness (QED) is 0.645. The number of nitrogens with one attached hydrogen (secondary N) is 3. The lowest BCUT2D eigenvalue weighted by molar-refractivity contribution is -0.144. The Kier molecular flexibility index (Phi) is 5.97. The van der Waals surface area contributed by atoms with Gasteiger partial charge in [0.05, 0.1) is 5.69 Å². The zero-order valence-electron chi connectivity index (χ0n) is 17.9. The number of piperidine rings is 1. The van der Waals surface area contributed by atoms with Gasteiger partial charge in [0.1, 0.15) is 5.82 Å². The monoisotopic (exact) mass is 404 g/mol. The molecule has 0 aromatic carbocycles. The number of amides is 3. The van der Waals surface area contributed by atoms with E-state index >= 15 is 0 Å². The molecule has 3 heterocycles. The zero-order valence-corrected chi connectivity index (χ0v) is 17.9. The summed E-state index contributed by atoms with van der Waals surface area (Å²) in [6, 6.07) is 1.64. The van der Waals surface area contributed by atoms with Crippen molar-refractivity contribution in [3.8, 4) is 0 Å². The first-order valence-electron chi connectivity index (χ1n) is 10.3. The van der Waals surface area contributed by atoms with E-state index in [1.165, 1.54) is 4.68 Å². The first-order valence-corrected chi connectivity index (χ1v) is 10.3.